The minimum absolute atomic E-state index is 0.253. The number of para-hydroxylation sites is 2. The van der Waals surface area contributed by atoms with E-state index in [0.29, 0.717) is 33.3 Å². The van der Waals surface area contributed by atoms with E-state index in [9.17, 15) is 9.59 Å². The van der Waals surface area contributed by atoms with Crippen molar-refractivity contribution in [2.45, 2.75) is 6.92 Å². The van der Waals surface area contributed by atoms with Crippen molar-refractivity contribution in [2.24, 2.45) is 0 Å². The number of hydrogen-bond acceptors (Lipinski definition) is 5. The van der Waals surface area contributed by atoms with Gasteiger partial charge < -0.3 is 15.4 Å². The van der Waals surface area contributed by atoms with E-state index in [1.807, 2.05) is 18.2 Å². The summed E-state index contributed by atoms with van der Waals surface area (Å²) in [6, 6.07) is 17.1. The van der Waals surface area contributed by atoms with Crippen molar-refractivity contribution in [2.75, 3.05) is 17.2 Å². The highest BCUT2D eigenvalue weighted by atomic mass is 35.5. The zero-order chi connectivity index (χ0) is 19.9. The number of benzene rings is 2. The van der Waals surface area contributed by atoms with E-state index < -0.39 is 5.97 Å². The van der Waals surface area contributed by atoms with Crippen LogP contribution in [0, 0.1) is 0 Å². The van der Waals surface area contributed by atoms with Crippen LogP contribution in [0.3, 0.4) is 0 Å². The minimum atomic E-state index is -0.491. The van der Waals surface area contributed by atoms with Crippen LogP contribution in [0.25, 0.3) is 0 Å². The van der Waals surface area contributed by atoms with Crippen LogP contribution >= 0.6 is 11.6 Å². The van der Waals surface area contributed by atoms with Crippen molar-refractivity contribution in [1.82, 2.24) is 4.98 Å². The normalized spacial score (nSPS) is 10.2. The standard InChI is InChI=1S/C21H18ClN3O3/c1-2-28-21(27)15-7-3-5-9-17(15)25-20(26)14-11-12-23-19(13-14)24-18-10-6-4-8-16(18)22/h3-13H,2H2,1H3,(H,23,24)(H,25,26). The summed E-state index contributed by atoms with van der Waals surface area (Å²) in [5, 5.41) is 6.37. The molecule has 7 heteroatoms. The lowest BCUT2D eigenvalue weighted by atomic mass is 10.1. The van der Waals surface area contributed by atoms with Gasteiger partial charge in [-0.3, -0.25) is 4.79 Å². The largest absolute Gasteiger partial charge is 0.462 e. The molecule has 3 rings (SSSR count). The Bertz CT molecular complexity index is 1010. The smallest absolute Gasteiger partial charge is 0.340 e. The topological polar surface area (TPSA) is 80.3 Å². The third-order valence-electron chi connectivity index (χ3n) is 3.83. The van der Waals surface area contributed by atoms with Crippen LogP contribution in [0.4, 0.5) is 17.2 Å². The molecule has 0 radical (unpaired) electrons. The Labute approximate surface area is 167 Å². The molecule has 1 heterocycles. The van der Waals surface area contributed by atoms with Crippen LogP contribution in [0.2, 0.25) is 5.02 Å². The number of nitrogens with zero attached hydrogens (tertiary/aromatic N) is 1. The lowest BCUT2D eigenvalue weighted by molar-refractivity contribution is 0.0527. The van der Waals surface area contributed by atoms with Gasteiger partial charge in [-0.15, -0.1) is 0 Å². The molecule has 142 valence electrons. The molecule has 0 aliphatic rings. The van der Waals surface area contributed by atoms with Gasteiger partial charge in [-0.05, 0) is 43.3 Å². The van der Waals surface area contributed by atoms with Gasteiger partial charge >= 0.3 is 5.97 Å². The number of nitrogens with one attached hydrogen (secondary N) is 2. The van der Waals surface area contributed by atoms with Gasteiger partial charge in [-0.1, -0.05) is 35.9 Å². The van der Waals surface area contributed by atoms with E-state index in [1.54, 1.807) is 49.4 Å². The first-order chi connectivity index (χ1) is 13.6. The first-order valence-electron chi connectivity index (χ1n) is 8.63. The molecular weight excluding hydrogens is 378 g/mol. The highest BCUT2D eigenvalue weighted by Gasteiger charge is 2.15. The number of amides is 1. The number of hydrogen-bond donors (Lipinski definition) is 2. The quantitative estimate of drug-likeness (QED) is 0.580. The number of anilines is 3. The first kappa shape index (κ1) is 19.4. The third-order valence-corrected chi connectivity index (χ3v) is 4.16. The maximum absolute atomic E-state index is 12.7. The van der Waals surface area contributed by atoms with Crippen LogP contribution in [0.1, 0.15) is 27.6 Å². The van der Waals surface area contributed by atoms with Gasteiger partial charge in [-0.2, -0.15) is 0 Å². The van der Waals surface area contributed by atoms with Crippen molar-refractivity contribution in [3.05, 3.63) is 83.0 Å². The fraction of sp³-hybridized carbons (Fsp3) is 0.0952. The van der Waals surface area contributed by atoms with Crippen molar-refractivity contribution in [3.63, 3.8) is 0 Å². The second kappa shape index (κ2) is 9.01. The summed E-state index contributed by atoms with van der Waals surface area (Å²) in [5.74, 6) is -0.394. The SMILES string of the molecule is CCOC(=O)c1ccccc1NC(=O)c1ccnc(Nc2ccccc2Cl)c1. The molecular formula is C21H18ClN3O3. The molecule has 0 fully saturated rings. The fourth-order valence-electron chi connectivity index (χ4n) is 2.51. The molecule has 0 aliphatic heterocycles. The molecule has 0 aliphatic carbocycles. The molecule has 0 saturated carbocycles. The van der Waals surface area contributed by atoms with Crippen LogP contribution in [-0.4, -0.2) is 23.5 Å². The molecule has 28 heavy (non-hydrogen) atoms. The maximum Gasteiger partial charge on any atom is 0.340 e. The van der Waals surface area contributed by atoms with Gasteiger partial charge in [0.15, 0.2) is 0 Å². The third kappa shape index (κ3) is 4.66. The molecule has 2 aromatic carbocycles. The fourth-order valence-corrected chi connectivity index (χ4v) is 2.70. The van der Waals surface area contributed by atoms with Crippen LogP contribution in [-0.2, 0) is 4.74 Å². The molecule has 0 spiro atoms. The molecule has 0 saturated heterocycles. The van der Waals surface area contributed by atoms with E-state index >= 15 is 0 Å². The number of aromatic nitrogens is 1. The monoisotopic (exact) mass is 395 g/mol. The molecule has 0 atom stereocenters. The predicted molar refractivity (Wildman–Crippen MR) is 109 cm³/mol. The molecule has 1 amide bonds. The Balaban J connectivity index is 1.79. The second-order valence-electron chi connectivity index (χ2n) is 5.75. The summed E-state index contributed by atoms with van der Waals surface area (Å²) in [5.41, 5.74) is 1.73. The van der Waals surface area contributed by atoms with Crippen molar-refractivity contribution in [3.8, 4) is 0 Å². The van der Waals surface area contributed by atoms with Crippen LogP contribution in [0.5, 0.6) is 0 Å². The summed E-state index contributed by atoms with van der Waals surface area (Å²) in [6.45, 7) is 1.98. The number of carbonyl (C=O) groups is 2. The average Bonchev–Trinajstić information content (AvgIpc) is 2.70. The average molecular weight is 396 g/mol. The lowest BCUT2D eigenvalue weighted by Crippen LogP contribution is -2.16. The van der Waals surface area contributed by atoms with Gasteiger partial charge in [-0.25, -0.2) is 9.78 Å². The van der Waals surface area contributed by atoms with E-state index in [-0.39, 0.29) is 12.5 Å². The van der Waals surface area contributed by atoms with Gasteiger partial charge in [0.05, 0.1) is 28.6 Å². The van der Waals surface area contributed by atoms with E-state index in [2.05, 4.69) is 15.6 Å². The maximum atomic E-state index is 12.7. The van der Waals surface area contributed by atoms with Gasteiger partial charge in [0, 0.05) is 11.8 Å². The Morgan fingerprint density at radius 1 is 1.04 bits per heavy atom. The minimum Gasteiger partial charge on any atom is -0.462 e. The number of pyridine rings is 1. The number of ether oxygens (including phenoxy) is 1. The Morgan fingerprint density at radius 3 is 2.50 bits per heavy atom. The molecule has 0 bridgehead atoms. The van der Waals surface area contributed by atoms with Gasteiger partial charge in [0.25, 0.3) is 5.91 Å². The second-order valence-corrected chi connectivity index (χ2v) is 6.16. The Kier molecular flexibility index (Phi) is 6.24. The molecule has 0 unspecified atom stereocenters. The molecule has 2 N–H and O–H groups in total. The Morgan fingerprint density at radius 2 is 1.75 bits per heavy atom. The first-order valence-corrected chi connectivity index (χ1v) is 9.01. The van der Waals surface area contributed by atoms with Crippen molar-refractivity contribution >= 4 is 40.7 Å². The summed E-state index contributed by atoms with van der Waals surface area (Å²) < 4.78 is 5.03. The summed E-state index contributed by atoms with van der Waals surface area (Å²) in [7, 11) is 0. The lowest BCUT2D eigenvalue weighted by Gasteiger charge is -2.11. The number of carbonyl (C=O) groups excluding carboxylic acids is 2. The number of rotatable bonds is 6. The van der Waals surface area contributed by atoms with Crippen molar-refractivity contribution < 1.29 is 14.3 Å². The van der Waals surface area contributed by atoms with Crippen molar-refractivity contribution in [1.29, 1.82) is 0 Å². The molecule has 1 aromatic heterocycles. The summed E-state index contributed by atoms with van der Waals surface area (Å²) >= 11 is 6.14. The summed E-state index contributed by atoms with van der Waals surface area (Å²) in [4.78, 5) is 29.0. The van der Waals surface area contributed by atoms with E-state index in [4.69, 9.17) is 16.3 Å². The highest BCUT2D eigenvalue weighted by Crippen LogP contribution is 2.24. The molecule has 6 nitrogen and oxygen atoms in total. The zero-order valence-electron chi connectivity index (χ0n) is 15.1. The number of halogens is 1. The summed E-state index contributed by atoms with van der Waals surface area (Å²) in [6.07, 6.45) is 1.52. The van der Waals surface area contributed by atoms with Crippen LogP contribution < -0.4 is 10.6 Å². The van der Waals surface area contributed by atoms with E-state index in [0.717, 1.165) is 0 Å². The number of esters is 1. The molecule has 3 aromatic rings. The highest BCUT2D eigenvalue weighted by molar-refractivity contribution is 6.33. The van der Waals surface area contributed by atoms with E-state index in [1.165, 1.54) is 6.20 Å². The van der Waals surface area contributed by atoms with Crippen LogP contribution in [0.15, 0.2) is 66.9 Å². The zero-order valence-corrected chi connectivity index (χ0v) is 15.9. The van der Waals surface area contributed by atoms with Gasteiger partial charge in [0.1, 0.15) is 5.82 Å². The Hall–Kier alpha value is -3.38. The van der Waals surface area contributed by atoms with Gasteiger partial charge in [0.2, 0.25) is 0 Å². The predicted octanol–water partition coefficient (Wildman–Crippen LogP) is 4.91.